The number of benzene rings is 1. The van der Waals surface area contributed by atoms with Crippen LogP contribution >= 0.6 is 11.3 Å². The number of sulfonamides is 1. The first-order valence-electron chi connectivity index (χ1n) is 8.14. The smallest absolute Gasteiger partial charge is 0.240 e. The monoisotopic (exact) mass is 456 g/mol. The number of primary sulfonamides is 1. The number of anilines is 2. The first-order chi connectivity index (χ1) is 13.4. The number of thiazole rings is 1. The average Bonchev–Trinajstić information content (AvgIpc) is 2.98. The molecule has 0 amide bonds. The molecule has 0 saturated heterocycles. The molecular formula is C15H20N8O3S3. The Morgan fingerprint density at radius 1 is 1.38 bits per heavy atom. The molecule has 0 spiro atoms. The van der Waals surface area contributed by atoms with Crippen LogP contribution in [0.15, 0.2) is 32.3 Å². The van der Waals surface area contributed by atoms with Gasteiger partial charge in [-0.3, -0.25) is 9.62 Å². The minimum atomic E-state index is -4.39. The Morgan fingerprint density at radius 2 is 2.07 bits per heavy atom. The molecule has 1 aromatic carbocycles. The minimum absolute atomic E-state index is 0.0875. The Labute approximate surface area is 172 Å². The van der Waals surface area contributed by atoms with Crippen molar-refractivity contribution in [2.24, 2.45) is 21.3 Å². The number of nitrogen functional groups attached to an aromatic ring is 1. The number of nitrogens with one attached hydrogen (secondary N) is 1. The molecule has 2 heterocycles. The van der Waals surface area contributed by atoms with Gasteiger partial charge in [0.15, 0.2) is 11.0 Å². The molecule has 0 radical (unpaired) electrons. The molecular weight excluding hydrogens is 436 g/mol. The van der Waals surface area contributed by atoms with Gasteiger partial charge in [0.05, 0.1) is 22.7 Å². The summed E-state index contributed by atoms with van der Waals surface area (Å²) >= 11 is 1.34. The van der Waals surface area contributed by atoms with Crippen LogP contribution in [0.2, 0.25) is 0 Å². The van der Waals surface area contributed by atoms with Crippen molar-refractivity contribution in [2.45, 2.75) is 22.8 Å². The van der Waals surface area contributed by atoms with Crippen molar-refractivity contribution in [1.29, 1.82) is 5.41 Å². The molecule has 0 aliphatic carbocycles. The fourth-order valence-corrected chi connectivity index (χ4v) is 6.65. The van der Waals surface area contributed by atoms with Crippen LogP contribution < -0.4 is 21.6 Å². The zero-order chi connectivity index (χ0) is 21.6. The van der Waals surface area contributed by atoms with Crippen LogP contribution in [0, 0.1) is 5.41 Å². The van der Waals surface area contributed by atoms with E-state index in [0.29, 0.717) is 30.3 Å². The SMILES string of the molecule is C=S(C)(=O)c1ccc(N2CCc3nc(N)sc3C2)c(C(=N)N=NN)c1S(N)(=O)=O. The third kappa shape index (κ3) is 4.10. The molecule has 1 unspecified atom stereocenters. The van der Waals surface area contributed by atoms with E-state index in [4.69, 9.17) is 22.1 Å². The Morgan fingerprint density at radius 3 is 2.66 bits per heavy atom. The first-order valence-corrected chi connectivity index (χ1v) is 12.6. The van der Waals surface area contributed by atoms with E-state index in [0.717, 1.165) is 10.6 Å². The summed E-state index contributed by atoms with van der Waals surface area (Å²) in [6.07, 6.45) is 1.88. The summed E-state index contributed by atoms with van der Waals surface area (Å²) in [5, 5.41) is 20.7. The number of fused-ring (bicyclic) bond motifs is 1. The summed E-state index contributed by atoms with van der Waals surface area (Å²) in [6, 6.07) is 2.97. The molecule has 1 aromatic heterocycles. The van der Waals surface area contributed by atoms with Gasteiger partial charge in [0.25, 0.3) is 0 Å². The number of rotatable bonds is 4. The van der Waals surface area contributed by atoms with Crippen LogP contribution in [0.4, 0.5) is 10.8 Å². The molecule has 0 saturated carbocycles. The van der Waals surface area contributed by atoms with Crippen molar-refractivity contribution >= 4 is 53.4 Å². The fraction of sp³-hybridized carbons (Fsp3) is 0.267. The summed E-state index contributed by atoms with van der Waals surface area (Å²) in [6.45, 7) is 0.894. The normalized spacial score (nSPS) is 16.6. The van der Waals surface area contributed by atoms with Crippen LogP contribution in [0.25, 0.3) is 0 Å². The summed E-state index contributed by atoms with van der Waals surface area (Å²) in [5.41, 5.74) is 6.92. The molecule has 156 valence electrons. The molecule has 14 heteroatoms. The summed E-state index contributed by atoms with van der Waals surface area (Å²) < 4.78 is 37.5. The van der Waals surface area contributed by atoms with Crippen molar-refractivity contribution in [3.8, 4) is 0 Å². The number of hydrogen-bond donors (Lipinski definition) is 4. The van der Waals surface area contributed by atoms with E-state index >= 15 is 0 Å². The molecule has 3 rings (SSSR count). The lowest BCUT2D eigenvalue weighted by atomic mass is 10.1. The first kappa shape index (κ1) is 21.2. The number of amidine groups is 1. The Kier molecular flexibility index (Phi) is 5.38. The average molecular weight is 457 g/mol. The van der Waals surface area contributed by atoms with Gasteiger partial charge in [-0.05, 0) is 27.5 Å². The van der Waals surface area contributed by atoms with E-state index in [1.54, 1.807) is 6.07 Å². The van der Waals surface area contributed by atoms with E-state index in [9.17, 15) is 12.6 Å². The third-order valence-electron chi connectivity index (χ3n) is 4.33. The molecule has 7 N–H and O–H groups in total. The van der Waals surface area contributed by atoms with Crippen molar-refractivity contribution < 1.29 is 12.6 Å². The zero-order valence-corrected chi connectivity index (χ0v) is 17.9. The van der Waals surface area contributed by atoms with Gasteiger partial charge in [-0.1, -0.05) is 5.22 Å². The van der Waals surface area contributed by atoms with E-state index < -0.39 is 30.3 Å². The predicted octanol–water partition coefficient (Wildman–Crippen LogP) is 0.292. The van der Waals surface area contributed by atoms with Gasteiger partial charge < -0.3 is 16.5 Å². The highest BCUT2D eigenvalue weighted by Crippen LogP contribution is 2.36. The van der Waals surface area contributed by atoms with Crippen LogP contribution in [0.3, 0.4) is 0 Å². The second-order valence-corrected chi connectivity index (χ2v) is 11.6. The third-order valence-corrected chi connectivity index (χ3v) is 7.64. The van der Waals surface area contributed by atoms with Crippen LogP contribution in [-0.4, -0.2) is 42.1 Å². The molecule has 1 atom stereocenters. The minimum Gasteiger partial charge on any atom is -0.375 e. The number of nitrogens with two attached hydrogens (primary N) is 3. The largest absolute Gasteiger partial charge is 0.375 e. The Balaban J connectivity index is 2.29. The summed E-state index contributed by atoms with van der Waals surface area (Å²) in [4.78, 5) is 6.52. The quantitative estimate of drug-likeness (QED) is 0.127. The highest BCUT2D eigenvalue weighted by molar-refractivity contribution is 8.00. The molecule has 11 nitrogen and oxygen atoms in total. The van der Waals surface area contributed by atoms with E-state index in [-0.39, 0.29) is 10.5 Å². The standard InChI is InChI=1S/C15H20N8O3S3/c1-28(2,24)11-4-3-9(12(14(16)21-22-18)13(11)29(19,25)26)23-6-5-8-10(7-23)27-15(17)20-8/h3-4H,1,5-7H2,2H3,(H2,17,20)(H3,16,18,21)(H2,19,25,26). The highest BCUT2D eigenvalue weighted by Gasteiger charge is 2.31. The van der Waals surface area contributed by atoms with E-state index in [1.165, 1.54) is 23.7 Å². The zero-order valence-electron chi connectivity index (χ0n) is 15.5. The van der Waals surface area contributed by atoms with Crippen molar-refractivity contribution in [1.82, 2.24) is 4.98 Å². The van der Waals surface area contributed by atoms with E-state index in [2.05, 4.69) is 21.2 Å². The molecule has 2 aromatic rings. The van der Waals surface area contributed by atoms with Gasteiger partial charge in [0.2, 0.25) is 10.0 Å². The molecule has 0 bridgehead atoms. The maximum atomic E-state index is 12.6. The van der Waals surface area contributed by atoms with E-state index in [1.807, 2.05) is 4.90 Å². The van der Waals surface area contributed by atoms with Gasteiger partial charge in [-0.2, -0.15) is 0 Å². The number of nitrogens with zero attached hydrogens (tertiary/aromatic N) is 4. The van der Waals surface area contributed by atoms with Crippen LogP contribution in [0.1, 0.15) is 16.1 Å². The molecule has 0 fully saturated rings. The molecule has 1 aliphatic rings. The van der Waals surface area contributed by atoms with Crippen molar-refractivity contribution in [3.63, 3.8) is 0 Å². The van der Waals surface area contributed by atoms with Crippen LogP contribution in [-0.2, 0) is 32.5 Å². The summed E-state index contributed by atoms with van der Waals surface area (Å²) in [7, 11) is -7.37. The van der Waals surface area contributed by atoms with Gasteiger partial charge >= 0.3 is 0 Å². The van der Waals surface area contributed by atoms with Gasteiger partial charge in [0.1, 0.15) is 4.90 Å². The maximum absolute atomic E-state index is 12.6. The predicted molar refractivity (Wildman–Crippen MR) is 114 cm³/mol. The van der Waals surface area contributed by atoms with Gasteiger partial charge in [-0.25, -0.2) is 18.5 Å². The van der Waals surface area contributed by atoms with Gasteiger partial charge in [-0.15, -0.1) is 16.5 Å². The Bertz CT molecular complexity index is 1230. The van der Waals surface area contributed by atoms with Crippen molar-refractivity contribution in [3.05, 3.63) is 28.3 Å². The highest BCUT2D eigenvalue weighted by atomic mass is 32.2. The lowest BCUT2D eigenvalue weighted by molar-refractivity contribution is 0.594. The summed E-state index contributed by atoms with van der Waals surface area (Å²) in [5.74, 6) is 8.12. The topological polar surface area (TPSA) is 194 Å². The van der Waals surface area contributed by atoms with Gasteiger partial charge in [0, 0.05) is 29.8 Å². The Hall–Kier alpha value is -2.55. The number of aromatic nitrogens is 1. The second kappa shape index (κ2) is 7.37. The number of hydrogen-bond acceptors (Lipinski definition) is 9. The molecule has 29 heavy (non-hydrogen) atoms. The van der Waals surface area contributed by atoms with Crippen molar-refractivity contribution in [2.75, 3.05) is 23.4 Å². The fourth-order valence-electron chi connectivity index (χ4n) is 3.20. The lowest BCUT2D eigenvalue weighted by Gasteiger charge is -2.31. The maximum Gasteiger partial charge on any atom is 0.240 e. The second-order valence-electron chi connectivity index (χ2n) is 6.49. The molecule has 1 aliphatic heterocycles. The lowest BCUT2D eigenvalue weighted by Crippen LogP contribution is -2.32. The van der Waals surface area contributed by atoms with Crippen LogP contribution in [0.5, 0.6) is 0 Å².